The second kappa shape index (κ2) is 9.60. The van der Waals surface area contributed by atoms with Crippen LogP contribution in [0.3, 0.4) is 0 Å². The molecule has 0 spiro atoms. The van der Waals surface area contributed by atoms with Gasteiger partial charge in [-0.2, -0.15) is 0 Å². The van der Waals surface area contributed by atoms with Gasteiger partial charge in [-0.25, -0.2) is 13.4 Å². The zero-order valence-corrected chi connectivity index (χ0v) is 19.9. The van der Waals surface area contributed by atoms with Gasteiger partial charge in [0.15, 0.2) is 5.13 Å². The second-order valence-corrected chi connectivity index (χ2v) is 10.5. The number of benzene rings is 3. The van der Waals surface area contributed by atoms with Crippen LogP contribution in [0, 0.1) is 6.92 Å². The summed E-state index contributed by atoms with van der Waals surface area (Å²) in [4.78, 5) is 17.2. The first-order valence-electron chi connectivity index (χ1n) is 10.4. The van der Waals surface area contributed by atoms with Crippen molar-refractivity contribution in [1.29, 1.82) is 0 Å². The van der Waals surface area contributed by atoms with Gasteiger partial charge in [-0.05, 0) is 55.5 Å². The van der Waals surface area contributed by atoms with Gasteiger partial charge >= 0.3 is 0 Å². The summed E-state index contributed by atoms with van der Waals surface area (Å²) < 4.78 is 28.0. The highest BCUT2D eigenvalue weighted by atomic mass is 32.2. The van der Waals surface area contributed by atoms with E-state index in [2.05, 4.69) is 15.6 Å². The lowest BCUT2D eigenvalue weighted by Crippen LogP contribution is -2.29. The van der Waals surface area contributed by atoms with Gasteiger partial charge in [-0.15, -0.1) is 0 Å². The van der Waals surface area contributed by atoms with Gasteiger partial charge in [0.1, 0.15) is 0 Å². The Morgan fingerprint density at radius 3 is 2.36 bits per heavy atom. The maximum atomic E-state index is 12.8. The van der Waals surface area contributed by atoms with E-state index in [0.29, 0.717) is 24.3 Å². The van der Waals surface area contributed by atoms with Gasteiger partial charge < -0.3 is 10.6 Å². The molecule has 4 aromatic rings. The van der Waals surface area contributed by atoms with E-state index in [9.17, 15) is 13.2 Å². The number of hydrogen-bond donors (Lipinski definition) is 2. The number of amides is 1. The molecule has 0 saturated heterocycles. The van der Waals surface area contributed by atoms with Crippen molar-refractivity contribution in [3.05, 3.63) is 83.9 Å². The molecule has 0 radical (unpaired) electrons. The summed E-state index contributed by atoms with van der Waals surface area (Å²) in [5.41, 5.74) is 2.87. The van der Waals surface area contributed by atoms with Crippen molar-refractivity contribution < 1.29 is 13.2 Å². The predicted molar refractivity (Wildman–Crippen MR) is 134 cm³/mol. The standard InChI is InChI=1S/C24H24N4O3S2/c1-17-7-13-20(14-8-17)33(30,31)28(2)19-11-9-18(10-12-19)23(29)25-15-16-26-24-27-21-5-3-4-6-22(21)32-24/h3-14H,15-16H2,1-2H3,(H,25,29)(H,26,27). The van der Waals surface area contributed by atoms with Crippen LogP contribution in [-0.2, 0) is 10.0 Å². The predicted octanol–water partition coefficient (Wildman–Crippen LogP) is 4.27. The van der Waals surface area contributed by atoms with E-state index >= 15 is 0 Å². The molecule has 0 aliphatic heterocycles. The number of nitrogens with zero attached hydrogens (tertiary/aromatic N) is 2. The number of nitrogens with one attached hydrogen (secondary N) is 2. The number of hydrogen-bond acceptors (Lipinski definition) is 6. The molecule has 0 unspecified atom stereocenters. The molecule has 0 aliphatic rings. The number of carbonyl (C=O) groups is 1. The van der Waals surface area contributed by atoms with Gasteiger partial charge in [0.2, 0.25) is 0 Å². The lowest BCUT2D eigenvalue weighted by atomic mass is 10.2. The van der Waals surface area contributed by atoms with Crippen LogP contribution in [0.25, 0.3) is 10.2 Å². The molecule has 4 rings (SSSR count). The Kier molecular flexibility index (Phi) is 6.62. The van der Waals surface area contributed by atoms with Crippen molar-refractivity contribution in [2.75, 3.05) is 29.8 Å². The average Bonchev–Trinajstić information content (AvgIpc) is 3.24. The summed E-state index contributed by atoms with van der Waals surface area (Å²) in [6.45, 7) is 2.88. The van der Waals surface area contributed by atoms with E-state index in [4.69, 9.17) is 0 Å². The molecule has 0 saturated carbocycles. The average molecular weight is 481 g/mol. The molecule has 33 heavy (non-hydrogen) atoms. The van der Waals surface area contributed by atoms with E-state index in [1.807, 2.05) is 31.2 Å². The smallest absolute Gasteiger partial charge is 0.264 e. The van der Waals surface area contributed by atoms with Crippen molar-refractivity contribution in [3.63, 3.8) is 0 Å². The van der Waals surface area contributed by atoms with Gasteiger partial charge in [-0.1, -0.05) is 41.2 Å². The third-order valence-electron chi connectivity index (χ3n) is 5.15. The first-order chi connectivity index (χ1) is 15.8. The molecule has 3 aromatic carbocycles. The number of aromatic nitrogens is 1. The largest absolute Gasteiger partial charge is 0.360 e. The minimum Gasteiger partial charge on any atom is -0.360 e. The fraction of sp³-hybridized carbons (Fsp3) is 0.167. The Balaban J connectivity index is 1.32. The fourth-order valence-corrected chi connectivity index (χ4v) is 5.31. The van der Waals surface area contributed by atoms with Gasteiger partial charge in [0.25, 0.3) is 15.9 Å². The van der Waals surface area contributed by atoms with Gasteiger partial charge in [0.05, 0.1) is 20.8 Å². The second-order valence-electron chi connectivity index (χ2n) is 7.50. The molecule has 2 N–H and O–H groups in total. The summed E-state index contributed by atoms with van der Waals surface area (Å²) >= 11 is 1.57. The third-order valence-corrected chi connectivity index (χ3v) is 7.95. The lowest BCUT2D eigenvalue weighted by Gasteiger charge is -2.20. The van der Waals surface area contributed by atoms with E-state index in [0.717, 1.165) is 20.9 Å². The summed E-state index contributed by atoms with van der Waals surface area (Å²) in [5.74, 6) is -0.225. The summed E-state index contributed by atoms with van der Waals surface area (Å²) in [5, 5.41) is 6.89. The molecular weight excluding hydrogens is 456 g/mol. The number of para-hydroxylation sites is 1. The molecular formula is C24H24N4O3S2. The number of fused-ring (bicyclic) bond motifs is 1. The first kappa shape index (κ1) is 22.8. The first-order valence-corrected chi connectivity index (χ1v) is 12.6. The van der Waals surface area contributed by atoms with E-state index in [1.54, 1.807) is 59.9 Å². The highest BCUT2D eigenvalue weighted by Crippen LogP contribution is 2.25. The number of thiazole rings is 1. The zero-order chi connectivity index (χ0) is 23.4. The topological polar surface area (TPSA) is 91.4 Å². The van der Waals surface area contributed by atoms with Crippen molar-refractivity contribution in [1.82, 2.24) is 10.3 Å². The van der Waals surface area contributed by atoms with Crippen LogP contribution >= 0.6 is 11.3 Å². The van der Waals surface area contributed by atoms with Crippen LogP contribution in [0.4, 0.5) is 10.8 Å². The molecule has 1 heterocycles. The molecule has 9 heteroatoms. The molecule has 0 aliphatic carbocycles. The minimum atomic E-state index is -3.68. The Morgan fingerprint density at radius 2 is 1.67 bits per heavy atom. The maximum absolute atomic E-state index is 12.8. The van der Waals surface area contributed by atoms with Crippen molar-refractivity contribution in [3.8, 4) is 0 Å². The zero-order valence-electron chi connectivity index (χ0n) is 18.3. The van der Waals surface area contributed by atoms with Crippen LogP contribution in [0.5, 0.6) is 0 Å². The molecule has 0 atom stereocenters. The third kappa shape index (κ3) is 5.15. The van der Waals surface area contributed by atoms with E-state index in [-0.39, 0.29) is 10.8 Å². The van der Waals surface area contributed by atoms with Crippen LogP contribution in [0.1, 0.15) is 15.9 Å². The van der Waals surface area contributed by atoms with Crippen molar-refractivity contribution >= 4 is 48.3 Å². The normalized spacial score (nSPS) is 11.3. The number of aryl methyl sites for hydroxylation is 1. The van der Waals surface area contributed by atoms with Crippen molar-refractivity contribution in [2.45, 2.75) is 11.8 Å². The lowest BCUT2D eigenvalue weighted by molar-refractivity contribution is 0.0955. The molecule has 1 amide bonds. The number of carbonyl (C=O) groups excluding carboxylic acids is 1. The van der Waals surface area contributed by atoms with Crippen molar-refractivity contribution in [2.24, 2.45) is 0 Å². The number of rotatable bonds is 8. The Morgan fingerprint density at radius 1 is 0.970 bits per heavy atom. The van der Waals surface area contributed by atoms with Gasteiger partial charge in [0, 0.05) is 25.7 Å². The Bertz CT molecular complexity index is 1330. The summed E-state index contributed by atoms with van der Waals surface area (Å²) in [6.07, 6.45) is 0. The highest BCUT2D eigenvalue weighted by molar-refractivity contribution is 7.92. The van der Waals surface area contributed by atoms with E-state index in [1.165, 1.54) is 11.4 Å². The number of anilines is 2. The van der Waals surface area contributed by atoms with Crippen LogP contribution in [0.2, 0.25) is 0 Å². The quantitative estimate of drug-likeness (QED) is 0.368. The maximum Gasteiger partial charge on any atom is 0.264 e. The molecule has 1 aromatic heterocycles. The van der Waals surface area contributed by atoms with Crippen LogP contribution in [-0.4, -0.2) is 39.4 Å². The minimum absolute atomic E-state index is 0.220. The Hall–Kier alpha value is -3.43. The monoisotopic (exact) mass is 480 g/mol. The van der Waals surface area contributed by atoms with Gasteiger partial charge in [-0.3, -0.25) is 9.10 Å². The summed E-state index contributed by atoms with van der Waals surface area (Å²) in [7, 11) is -2.18. The number of sulfonamides is 1. The molecule has 7 nitrogen and oxygen atoms in total. The molecule has 170 valence electrons. The van der Waals surface area contributed by atoms with Crippen LogP contribution in [0.15, 0.2) is 77.7 Å². The Labute approximate surface area is 197 Å². The van der Waals surface area contributed by atoms with E-state index < -0.39 is 10.0 Å². The SMILES string of the molecule is Cc1ccc(S(=O)(=O)N(C)c2ccc(C(=O)NCCNc3nc4ccccc4s3)cc2)cc1. The highest BCUT2D eigenvalue weighted by Gasteiger charge is 2.21. The molecule has 0 fully saturated rings. The summed E-state index contributed by atoms with van der Waals surface area (Å²) in [6, 6.07) is 21.1. The molecule has 0 bridgehead atoms. The fourth-order valence-electron chi connectivity index (χ4n) is 3.23. The van der Waals surface area contributed by atoms with Crippen LogP contribution < -0.4 is 14.9 Å².